The maximum absolute atomic E-state index is 11.2. The van der Waals surface area contributed by atoms with E-state index in [4.69, 9.17) is 0 Å². The summed E-state index contributed by atoms with van der Waals surface area (Å²) in [6.07, 6.45) is 1.21. The normalized spacial score (nSPS) is 22.1. The maximum Gasteiger partial charge on any atom is 0.319 e. The van der Waals surface area contributed by atoms with E-state index in [1.54, 1.807) is 11.6 Å². The molecule has 1 fully saturated rings. The number of aromatic nitrogens is 1. The van der Waals surface area contributed by atoms with Gasteiger partial charge in [-0.25, -0.2) is 4.98 Å². The minimum Gasteiger partial charge on any atom is -0.379 e. The molecule has 2 unspecified atom stereocenters. The zero-order valence-electron chi connectivity index (χ0n) is 9.92. The fraction of sp³-hybridized carbons (Fsp3) is 0.417. The van der Waals surface area contributed by atoms with Gasteiger partial charge in [0.1, 0.15) is 5.69 Å². The Morgan fingerprint density at radius 2 is 2.39 bits per heavy atom. The minimum atomic E-state index is -0.347. The lowest BCUT2D eigenvalue weighted by Gasteiger charge is -2.06. The molecule has 1 heterocycles. The molecule has 0 radical (unpaired) electrons. The number of nitro groups is 1. The summed E-state index contributed by atoms with van der Waals surface area (Å²) >= 11 is 1.42. The number of nitrogens with one attached hydrogen (secondary N) is 1. The van der Waals surface area contributed by atoms with Gasteiger partial charge in [-0.2, -0.15) is 0 Å². The molecule has 0 amide bonds. The van der Waals surface area contributed by atoms with Crippen molar-refractivity contribution in [1.29, 1.82) is 0 Å². The molecule has 0 aliphatic heterocycles. The number of benzene rings is 1. The van der Waals surface area contributed by atoms with E-state index in [2.05, 4.69) is 17.2 Å². The first kappa shape index (κ1) is 11.4. The molecular formula is C12H13N3O2S. The fourth-order valence-corrected chi connectivity index (χ4v) is 2.85. The molecule has 2 aromatic rings. The van der Waals surface area contributed by atoms with Crippen LogP contribution in [-0.2, 0) is 0 Å². The molecule has 94 valence electrons. The molecule has 5 nitrogen and oxygen atoms in total. The molecule has 2 atom stereocenters. The van der Waals surface area contributed by atoms with Crippen LogP contribution in [-0.4, -0.2) is 16.5 Å². The summed E-state index contributed by atoms with van der Waals surface area (Å²) in [4.78, 5) is 14.9. The first-order valence-electron chi connectivity index (χ1n) is 5.91. The topological polar surface area (TPSA) is 68.1 Å². The summed E-state index contributed by atoms with van der Waals surface area (Å²) in [5.74, 6) is 1.38. The van der Waals surface area contributed by atoms with Crippen LogP contribution in [0.25, 0.3) is 10.2 Å². The summed E-state index contributed by atoms with van der Waals surface area (Å²) in [5.41, 5.74) is 2.81. The van der Waals surface area contributed by atoms with E-state index < -0.39 is 0 Å². The molecule has 1 aliphatic rings. The van der Waals surface area contributed by atoms with Crippen molar-refractivity contribution < 1.29 is 4.92 Å². The molecule has 3 rings (SSSR count). The van der Waals surface area contributed by atoms with Gasteiger partial charge in [-0.3, -0.25) is 10.1 Å². The smallest absolute Gasteiger partial charge is 0.319 e. The van der Waals surface area contributed by atoms with Gasteiger partial charge in [0.15, 0.2) is 5.52 Å². The van der Waals surface area contributed by atoms with E-state index in [0.29, 0.717) is 17.1 Å². The Morgan fingerprint density at radius 3 is 3.06 bits per heavy atom. The number of nitro benzene ring substituents is 1. The van der Waals surface area contributed by atoms with Crippen LogP contribution in [0, 0.1) is 22.0 Å². The Bertz CT molecular complexity index is 610. The summed E-state index contributed by atoms with van der Waals surface area (Å²) in [7, 11) is 0. The van der Waals surface area contributed by atoms with Crippen LogP contribution in [0.15, 0.2) is 17.6 Å². The van der Waals surface area contributed by atoms with Crippen LogP contribution in [0.2, 0.25) is 0 Å². The molecule has 1 aromatic heterocycles. The van der Waals surface area contributed by atoms with E-state index in [1.165, 1.54) is 17.8 Å². The molecule has 1 saturated carbocycles. The van der Waals surface area contributed by atoms with Gasteiger partial charge in [-0.15, -0.1) is 11.3 Å². The lowest BCUT2D eigenvalue weighted by molar-refractivity contribution is -0.382. The SMILES string of the molecule is CC1CC1CNc1ccc2scnc2c1[N+](=O)[O-]. The monoisotopic (exact) mass is 263 g/mol. The zero-order valence-corrected chi connectivity index (χ0v) is 10.7. The number of rotatable bonds is 4. The first-order valence-corrected chi connectivity index (χ1v) is 6.79. The third kappa shape index (κ3) is 1.92. The van der Waals surface area contributed by atoms with Crippen LogP contribution in [0.1, 0.15) is 13.3 Å². The van der Waals surface area contributed by atoms with E-state index in [9.17, 15) is 10.1 Å². The quantitative estimate of drug-likeness (QED) is 0.679. The second-order valence-electron chi connectivity index (χ2n) is 4.77. The van der Waals surface area contributed by atoms with Gasteiger partial charge in [0, 0.05) is 6.54 Å². The van der Waals surface area contributed by atoms with Crippen molar-refractivity contribution in [1.82, 2.24) is 4.98 Å². The molecule has 6 heteroatoms. The summed E-state index contributed by atoms with van der Waals surface area (Å²) in [6, 6.07) is 3.67. The van der Waals surface area contributed by atoms with E-state index in [1.807, 2.05) is 6.07 Å². The van der Waals surface area contributed by atoms with Crippen molar-refractivity contribution in [3.05, 3.63) is 27.8 Å². The fourth-order valence-electron chi connectivity index (χ4n) is 2.17. The van der Waals surface area contributed by atoms with Crippen LogP contribution in [0.3, 0.4) is 0 Å². The van der Waals surface area contributed by atoms with E-state index in [0.717, 1.165) is 17.2 Å². The van der Waals surface area contributed by atoms with Crippen molar-refractivity contribution in [3.8, 4) is 0 Å². The van der Waals surface area contributed by atoms with Gasteiger partial charge in [0.05, 0.1) is 15.1 Å². The predicted octanol–water partition coefficient (Wildman–Crippen LogP) is 3.27. The Kier molecular flexibility index (Phi) is 2.66. The number of hydrogen-bond donors (Lipinski definition) is 1. The van der Waals surface area contributed by atoms with Gasteiger partial charge >= 0.3 is 5.69 Å². The highest BCUT2D eigenvalue weighted by atomic mass is 32.1. The molecule has 0 bridgehead atoms. The number of hydrogen-bond acceptors (Lipinski definition) is 5. The van der Waals surface area contributed by atoms with Crippen molar-refractivity contribution in [2.75, 3.05) is 11.9 Å². The maximum atomic E-state index is 11.2. The highest BCUT2D eigenvalue weighted by Gasteiger charge is 2.32. The van der Waals surface area contributed by atoms with Crippen LogP contribution < -0.4 is 5.32 Å². The average Bonchev–Trinajstić information content (AvgIpc) is 2.86. The number of fused-ring (bicyclic) bond motifs is 1. The summed E-state index contributed by atoms with van der Waals surface area (Å²) in [5, 5.41) is 14.4. The van der Waals surface area contributed by atoms with Crippen LogP contribution in [0.4, 0.5) is 11.4 Å². The largest absolute Gasteiger partial charge is 0.379 e. The van der Waals surface area contributed by atoms with Gasteiger partial charge < -0.3 is 5.32 Å². The molecule has 1 aliphatic carbocycles. The Hall–Kier alpha value is -1.69. The van der Waals surface area contributed by atoms with Crippen molar-refractivity contribution in [3.63, 3.8) is 0 Å². The van der Waals surface area contributed by atoms with Gasteiger partial charge in [-0.1, -0.05) is 6.92 Å². The third-order valence-electron chi connectivity index (χ3n) is 3.49. The van der Waals surface area contributed by atoms with Crippen molar-refractivity contribution in [2.24, 2.45) is 11.8 Å². The second-order valence-corrected chi connectivity index (χ2v) is 5.66. The Morgan fingerprint density at radius 1 is 1.61 bits per heavy atom. The zero-order chi connectivity index (χ0) is 12.7. The van der Waals surface area contributed by atoms with Gasteiger partial charge in [0.2, 0.25) is 0 Å². The minimum absolute atomic E-state index is 0.0991. The summed E-state index contributed by atoms with van der Waals surface area (Å²) < 4.78 is 0.854. The summed E-state index contributed by atoms with van der Waals surface area (Å²) in [6.45, 7) is 3.00. The highest BCUT2D eigenvalue weighted by molar-refractivity contribution is 7.16. The molecule has 1 N–H and O–H groups in total. The molecular weight excluding hydrogens is 250 g/mol. The molecule has 18 heavy (non-hydrogen) atoms. The third-order valence-corrected chi connectivity index (χ3v) is 4.28. The van der Waals surface area contributed by atoms with Crippen molar-refractivity contribution >= 4 is 32.9 Å². The average molecular weight is 263 g/mol. The van der Waals surface area contributed by atoms with E-state index in [-0.39, 0.29) is 10.6 Å². The Balaban J connectivity index is 1.94. The van der Waals surface area contributed by atoms with Crippen LogP contribution >= 0.6 is 11.3 Å². The van der Waals surface area contributed by atoms with Crippen LogP contribution in [0.5, 0.6) is 0 Å². The molecule has 0 saturated heterocycles. The highest BCUT2D eigenvalue weighted by Crippen LogP contribution is 2.39. The second kappa shape index (κ2) is 4.20. The molecule has 1 aromatic carbocycles. The first-order chi connectivity index (χ1) is 8.66. The predicted molar refractivity (Wildman–Crippen MR) is 72.0 cm³/mol. The lowest BCUT2D eigenvalue weighted by Crippen LogP contribution is -2.06. The number of anilines is 1. The molecule has 0 spiro atoms. The van der Waals surface area contributed by atoms with Gasteiger partial charge in [0.25, 0.3) is 0 Å². The van der Waals surface area contributed by atoms with Crippen molar-refractivity contribution in [2.45, 2.75) is 13.3 Å². The Labute approximate surface area is 108 Å². The number of thiazole rings is 1. The standard InChI is InChI=1S/C12H13N3O2S/c1-7-4-8(7)5-13-9-2-3-10-11(14-6-18-10)12(9)15(16)17/h2-3,6-8,13H,4-5H2,1H3. The van der Waals surface area contributed by atoms with Gasteiger partial charge in [-0.05, 0) is 30.4 Å². The van der Waals surface area contributed by atoms with E-state index >= 15 is 0 Å². The number of nitrogens with zero attached hydrogens (tertiary/aromatic N) is 2. The lowest BCUT2D eigenvalue weighted by atomic mass is 10.2.